The molecule has 3 rings (SSSR count). The first-order valence-corrected chi connectivity index (χ1v) is 11.3. The highest BCUT2D eigenvalue weighted by molar-refractivity contribution is 7.17. The number of thiophene rings is 1. The smallest absolute Gasteiger partial charge is 0.262 e. The number of carbonyl (C=O) groups excluding carboxylic acids is 2. The minimum atomic E-state index is -0.484. The summed E-state index contributed by atoms with van der Waals surface area (Å²) in [7, 11) is 0. The minimum absolute atomic E-state index is 0.119. The van der Waals surface area contributed by atoms with Crippen LogP contribution in [-0.4, -0.2) is 18.4 Å². The third-order valence-corrected chi connectivity index (χ3v) is 7.08. The van der Waals surface area contributed by atoms with E-state index in [9.17, 15) is 9.59 Å². The summed E-state index contributed by atoms with van der Waals surface area (Å²) in [4.78, 5) is 25.8. The monoisotopic (exact) mass is 428 g/mol. The number of primary amides is 1. The van der Waals surface area contributed by atoms with Gasteiger partial charge in [-0.25, -0.2) is 0 Å². The fourth-order valence-corrected chi connectivity index (χ4v) is 5.28. The van der Waals surface area contributed by atoms with Crippen LogP contribution in [0.4, 0.5) is 5.00 Å². The normalized spacial score (nSPS) is 16.3. The summed E-state index contributed by atoms with van der Waals surface area (Å²) in [6.07, 6.45) is 2.76. The Bertz CT molecular complexity index is 923. The highest BCUT2D eigenvalue weighted by Crippen LogP contribution is 2.44. The number of fused-ring (bicyclic) bond motifs is 1. The van der Waals surface area contributed by atoms with Gasteiger partial charge in [0.1, 0.15) is 10.8 Å². The van der Waals surface area contributed by atoms with Crippen LogP contribution in [0.5, 0.6) is 5.75 Å². The van der Waals surface area contributed by atoms with Crippen molar-refractivity contribution in [2.45, 2.75) is 59.8 Å². The zero-order valence-corrected chi connectivity index (χ0v) is 19.3. The SMILES string of the molecule is CC(C)c1ccc(OCC(=O)Nc2sc3c(c2C(N)=O)CC[C@@H](C(C)(C)C)C3)cc1. The third-order valence-electron chi connectivity index (χ3n) is 5.91. The molecule has 0 unspecified atom stereocenters. The van der Waals surface area contributed by atoms with Crippen LogP contribution in [0.2, 0.25) is 0 Å². The second-order valence-corrected chi connectivity index (χ2v) is 10.5. The molecule has 0 aliphatic heterocycles. The van der Waals surface area contributed by atoms with Gasteiger partial charge < -0.3 is 15.8 Å². The molecule has 5 nitrogen and oxygen atoms in total. The molecular formula is C24H32N2O3S. The van der Waals surface area contributed by atoms with Crippen LogP contribution >= 0.6 is 11.3 Å². The average molecular weight is 429 g/mol. The van der Waals surface area contributed by atoms with E-state index in [0.717, 1.165) is 29.7 Å². The van der Waals surface area contributed by atoms with Crippen LogP contribution in [0.15, 0.2) is 24.3 Å². The summed E-state index contributed by atoms with van der Waals surface area (Å²) in [5, 5.41) is 3.40. The number of ether oxygens (including phenoxy) is 1. The topological polar surface area (TPSA) is 81.4 Å². The van der Waals surface area contributed by atoms with Crippen molar-refractivity contribution in [3.8, 4) is 5.75 Å². The van der Waals surface area contributed by atoms with Crippen LogP contribution in [0, 0.1) is 11.3 Å². The fraction of sp³-hybridized carbons (Fsp3) is 0.500. The number of anilines is 1. The van der Waals surface area contributed by atoms with Gasteiger partial charge in [-0.15, -0.1) is 11.3 Å². The van der Waals surface area contributed by atoms with E-state index < -0.39 is 5.91 Å². The molecule has 1 aromatic heterocycles. The van der Waals surface area contributed by atoms with E-state index in [4.69, 9.17) is 10.5 Å². The number of hydrogen-bond acceptors (Lipinski definition) is 4. The van der Waals surface area contributed by atoms with Crippen molar-refractivity contribution in [2.75, 3.05) is 11.9 Å². The van der Waals surface area contributed by atoms with Crippen molar-refractivity contribution in [3.05, 3.63) is 45.8 Å². The molecule has 0 fully saturated rings. The minimum Gasteiger partial charge on any atom is -0.484 e. The van der Waals surface area contributed by atoms with Crippen LogP contribution in [-0.2, 0) is 17.6 Å². The average Bonchev–Trinajstić information content (AvgIpc) is 3.03. The first-order chi connectivity index (χ1) is 14.1. The number of benzene rings is 1. The summed E-state index contributed by atoms with van der Waals surface area (Å²) in [5.41, 5.74) is 8.57. The quantitative estimate of drug-likeness (QED) is 0.668. The molecule has 6 heteroatoms. The molecule has 1 aliphatic rings. The molecule has 0 radical (unpaired) electrons. The Morgan fingerprint density at radius 1 is 1.23 bits per heavy atom. The van der Waals surface area contributed by atoms with Gasteiger partial charge in [0.15, 0.2) is 6.61 Å². The molecule has 1 heterocycles. The lowest BCUT2D eigenvalue weighted by atomic mass is 9.72. The first kappa shape index (κ1) is 22.3. The Kier molecular flexibility index (Phi) is 6.56. The highest BCUT2D eigenvalue weighted by Gasteiger charge is 2.33. The molecule has 0 saturated heterocycles. The van der Waals surface area contributed by atoms with Crippen molar-refractivity contribution in [1.82, 2.24) is 0 Å². The maximum Gasteiger partial charge on any atom is 0.262 e. The van der Waals surface area contributed by atoms with Gasteiger partial charge in [0, 0.05) is 4.88 Å². The fourth-order valence-electron chi connectivity index (χ4n) is 3.93. The lowest BCUT2D eigenvalue weighted by Gasteiger charge is -2.33. The van der Waals surface area contributed by atoms with Crippen molar-refractivity contribution in [1.29, 1.82) is 0 Å². The standard InChI is InChI=1S/C24H32N2O3S/c1-14(2)15-6-9-17(10-7-15)29-13-20(27)26-23-21(22(25)28)18-11-8-16(24(3,4)5)12-19(18)30-23/h6-7,9-10,14,16H,8,11-13H2,1-5H3,(H2,25,28)(H,26,27)/t16-/m1/s1. The first-order valence-electron chi connectivity index (χ1n) is 10.5. The third kappa shape index (κ3) is 5.04. The zero-order chi connectivity index (χ0) is 22.1. The zero-order valence-electron chi connectivity index (χ0n) is 18.5. The van der Waals surface area contributed by atoms with Crippen molar-refractivity contribution >= 4 is 28.2 Å². The molecule has 2 amide bonds. The van der Waals surface area contributed by atoms with Gasteiger partial charge >= 0.3 is 0 Å². The van der Waals surface area contributed by atoms with Gasteiger partial charge in [-0.3, -0.25) is 9.59 Å². The van der Waals surface area contributed by atoms with E-state index in [0.29, 0.717) is 28.1 Å². The van der Waals surface area contributed by atoms with E-state index in [-0.39, 0.29) is 17.9 Å². The predicted octanol–water partition coefficient (Wildman–Crippen LogP) is 5.14. The van der Waals surface area contributed by atoms with Gasteiger partial charge in [0.2, 0.25) is 0 Å². The summed E-state index contributed by atoms with van der Waals surface area (Å²) < 4.78 is 5.62. The predicted molar refractivity (Wildman–Crippen MR) is 122 cm³/mol. The Morgan fingerprint density at radius 3 is 2.47 bits per heavy atom. The second kappa shape index (κ2) is 8.80. The molecule has 1 atom stereocenters. The highest BCUT2D eigenvalue weighted by atomic mass is 32.1. The lowest BCUT2D eigenvalue weighted by molar-refractivity contribution is -0.118. The van der Waals surface area contributed by atoms with E-state index in [2.05, 4.69) is 39.9 Å². The van der Waals surface area contributed by atoms with Gasteiger partial charge in [-0.1, -0.05) is 46.8 Å². The Balaban J connectivity index is 1.69. The van der Waals surface area contributed by atoms with Crippen LogP contribution in [0.25, 0.3) is 0 Å². The van der Waals surface area contributed by atoms with Gasteiger partial charge in [0.25, 0.3) is 11.8 Å². The number of carbonyl (C=O) groups is 2. The summed E-state index contributed by atoms with van der Waals surface area (Å²) in [6.45, 7) is 10.9. The number of nitrogens with two attached hydrogens (primary N) is 1. The molecule has 2 aromatic rings. The van der Waals surface area contributed by atoms with Crippen LogP contribution in [0.1, 0.15) is 73.3 Å². The van der Waals surface area contributed by atoms with Gasteiger partial charge in [0.05, 0.1) is 5.56 Å². The molecule has 30 heavy (non-hydrogen) atoms. The van der Waals surface area contributed by atoms with Gasteiger partial charge in [-0.2, -0.15) is 0 Å². The van der Waals surface area contributed by atoms with Crippen molar-refractivity contribution < 1.29 is 14.3 Å². The van der Waals surface area contributed by atoms with E-state index in [1.807, 2.05) is 24.3 Å². The molecule has 0 spiro atoms. The summed E-state index contributed by atoms with van der Waals surface area (Å²) in [5.74, 6) is 0.851. The van der Waals surface area contributed by atoms with Crippen molar-refractivity contribution in [3.63, 3.8) is 0 Å². The molecule has 3 N–H and O–H groups in total. The Morgan fingerprint density at radius 2 is 1.90 bits per heavy atom. The lowest BCUT2D eigenvalue weighted by Crippen LogP contribution is -2.27. The Hall–Kier alpha value is -2.34. The maximum absolute atomic E-state index is 12.5. The largest absolute Gasteiger partial charge is 0.484 e. The van der Waals surface area contributed by atoms with Crippen molar-refractivity contribution in [2.24, 2.45) is 17.1 Å². The maximum atomic E-state index is 12.5. The Labute approximate surface area is 183 Å². The molecule has 0 bridgehead atoms. The summed E-state index contributed by atoms with van der Waals surface area (Å²) in [6, 6.07) is 7.74. The summed E-state index contributed by atoms with van der Waals surface area (Å²) >= 11 is 1.48. The number of hydrogen-bond donors (Lipinski definition) is 2. The number of amides is 2. The molecule has 1 aliphatic carbocycles. The van der Waals surface area contributed by atoms with Gasteiger partial charge in [-0.05, 0) is 59.8 Å². The van der Waals surface area contributed by atoms with Crippen LogP contribution in [0.3, 0.4) is 0 Å². The molecule has 1 aromatic carbocycles. The van der Waals surface area contributed by atoms with E-state index in [1.165, 1.54) is 16.9 Å². The number of rotatable bonds is 6. The molecule has 0 saturated carbocycles. The number of nitrogens with one attached hydrogen (secondary N) is 1. The van der Waals surface area contributed by atoms with E-state index >= 15 is 0 Å². The molecule has 162 valence electrons. The molecular weight excluding hydrogens is 396 g/mol. The second-order valence-electron chi connectivity index (χ2n) is 9.44. The van der Waals surface area contributed by atoms with E-state index in [1.54, 1.807) is 0 Å². The van der Waals surface area contributed by atoms with Crippen LogP contribution < -0.4 is 15.8 Å².